The second kappa shape index (κ2) is 65.8. The number of nitrogens with two attached hydrogens (primary N) is 1. The number of benzene rings is 4. The van der Waals surface area contributed by atoms with Crippen molar-refractivity contribution in [3.05, 3.63) is 176 Å². The Labute approximate surface area is 827 Å². The number of rotatable bonds is 22. The smallest absolute Gasteiger partial charge is 0.696 e. The van der Waals surface area contributed by atoms with Crippen LogP contribution in [-0.4, -0.2) is 164 Å². The van der Waals surface area contributed by atoms with Crippen molar-refractivity contribution in [1.29, 1.82) is 6.69 Å². The van der Waals surface area contributed by atoms with Crippen LogP contribution in [0.1, 0.15) is 182 Å². The molecule has 0 radical (unpaired) electrons. The van der Waals surface area contributed by atoms with Crippen LogP contribution in [-0.2, 0) is 69.5 Å². The Hall–Kier alpha value is -4.87. The molecule has 1 unspecified atom stereocenters. The number of alkyl halides is 1. The van der Waals surface area contributed by atoms with Crippen molar-refractivity contribution in [2.75, 3.05) is 87.4 Å². The molecule has 1 aliphatic rings. The maximum absolute atomic E-state index is 15.2. The number of H-pyrrole nitrogens is 2. The SMILES string of the molecule is Brc1cnc2[nH]ccc2c1.C.N#C[S-].Nc1ccc(F)cc1F.O=CN1CCOCC1.O=S(=O)(Cl)Cl.[2H]C([2H])([2H])C([2H])([2H])C([2H])([2H])Br.[2H]C([2H])([2H])C([2H])([2H])C([2H])([2H])N=C=S.[2H]C([2H])([2H])C([2H])([2H])C([2H])([2H])S(=O)(=O)Cl.[2H]C([2H])([2H])C([2H])([2H])C([2H])([2H])S(=O)(=O)Nc1ccc(F)c(C(O)c2c[nH]c3ncc(Br)cc23)c1F.[2H]C([2H])([2H])C([2H])([2H])C([2H])([2H])S(=O)(=O)Nc1ccc(F)c(C=O)c1F.[2H]C([2H])([2H])C([2H])([2H])C([2H])([2H])S(=O)(=O)Nc1ccc(F)cc1F.[2H]OCC.[2H][2H].[K+]. The van der Waals surface area contributed by atoms with Gasteiger partial charge in [0, 0.05) is 184 Å². The molecule has 26 nitrogen and oxygen atoms in total. The Morgan fingerprint density at radius 1 is 0.724 bits per heavy atom. The van der Waals surface area contributed by atoms with Crippen molar-refractivity contribution in [3.63, 3.8) is 0 Å². The minimum Gasteiger partial charge on any atom is -0.696 e. The minimum absolute atomic E-state index is 0. The van der Waals surface area contributed by atoms with Gasteiger partial charge in [-0.25, -0.2) is 89.0 Å². The molecule has 8 aromatic rings. The van der Waals surface area contributed by atoms with E-state index in [0.717, 1.165) is 47.1 Å². The van der Waals surface area contributed by atoms with E-state index in [1.54, 1.807) is 23.2 Å². The van der Waals surface area contributed by atoms with Crippen molar-refractivity contribution in [2.24, 2.45) is 4.99 Å². The van der Waals surface area contributed by atoms with Gasteiger partial charge in [-0.3, -0.25) is 23.8 Å². The average molecular weight is 2110 g/mol. The number of nitrogens with one attached hydrogen (secondary N) is 5. The van der Waals surface area contributed by atoms with Gasteiger partial charge in [0.2, 0.25) is 47.0 Å². The topological polar surface area (TPSA) is 413 Å². The summed E-state index contributed by atoms with van der Waals surface area (Å²) in [7, 11) is -11.8. The van der Waals surface area contributed by atoms with E-state index in [-0.39, 0.29) is 82.0 Å². The number of pyridine rings is 2. The number of halogens is 14. The number of isothiocyanates is 1. The number of ether oxygens (including phenoxy) is 1. The fraction of sp³-hybridized carbons (Fsp3) is 0.382. The molecule has 48 heteroatoms. The third-order valence-corrected chi connectivity index (χ3v) is 14.9. The van der Waals surface area contributed by atoms with Gasteiger partial charge in [0.1, 0.15) is 52.3 Å². The number of amides is 1. The zero-order valence-electron chi connectivity index (χ0n) is 102. The summed E-state index contributed by atoms with van der Waals surface area (Å²) in [6.07, 6.45) is -16.0. The molecule has 1 fully saturated rings. The van der Waals surface area contributed by atoms with E-state index in [4.69, 9.17) is 86.1 Å². The Kier molecular flexibility index (Phi) is 33.9. The number of aromatic nitrogens is 4. The summed E-state index contributed by atoms with van der Waals surface area (Å²) in [6.45, 7) is -18.1. The quantitative estimate of drug-likeness (QED) is 0.00298. The standard InChI is InChI=1S/C17H16BrF2N3O3S.C10H11F2NO3S.C9H11F2NO2S.C7H5BrN2.C6H5F2N.C5H9NO2.C4H7NS.C3H7Br.C3H7ClO2S.C2H6O.CHNS.CH4.Cl2O2S.K.H2/c1-2-5-27(25,26)23-13-4-3-12(19)14(15(13)20)16(24)11-8-22-17-10(11)6-9(18)7-21-17;1-2-5-17(15,16)13-9-4-3-8(11)7(6-14)10(9)12;1-2-5-15(13,14)12-9-4-3-7(10)6-8(9)11;8-6-3-5-1-2-9-7(5)10-4-6;7-4-1-2-6(9)5(8)3-4;7-5-6-1-3-8-4-2-6;1-2-3-5-4-6;1-2-3-4;1-2-3-7(4,5)6;1-2-3;2-1-3;;1-5(2,3)4;;/h3-4,6-8,16,23-24H,2,5H2,1H3,(H,21,22);3-4,6,13H,2,5H2,1H3;3-4,6,12H,2,5H2,1H3;1-4H,(H,9,10);1-3H,9H2;5H,1-4H2;2-3H2,1H3;2-3H2,1H3;2-3H2,1H3;3H,2H2,1H3;3H;1H4;;;1H/q;;;;;;;;;;;;;+1;/p-1/i3*1D3,2D2,5D2;;;;3*1D3,2D2,3D2;3D;;;;;1+1D. The normalized spacial score (nSPS) is 19.0. The molecular weight excluding hydrogens is 1970 g/mol. The van der Waals surface area contributed by atoms with Crippen molar-refractivity contribution in [1.82, 2.24) is 24.8 Å². The van der Waals surface area contributed by atoms with Crippen molar-refractivity contribution in [2.45, 2.75) is 99.8 Å². The molecule has 1 aliphatic heterocycles. The fourth-order valence-corrected chi connectivity index (χ4v) is 9.40. The van der Waals surface area contributed by atoms with Gasteiger partial charge in [-0.2, -0.15) is 8.42 Å². The number of nitriles is 1. The third kappa shape index (κ3) is 55.9. The predicted molar refractivity (Wildman–Crippen MR) is 458 cm³/mol. The Balaban J connectivity index is -0.000000427. The molecule has 1 amide bonds. The monoisotopic (exact) mass is 2100 g/mol. The first-order valence-corrected chi connectivity index (χ1v) is 41.1. The van der Waals surface area contributed by atoms with Gasteiger partial charge in [-0.1, -0.05) is 69.9 Å². The van der Waals surface area contributed by atoms with E-state index in [9.17, 15) is 79.1 Å². The predicted octanol–water partition coefficient (Wildman–Crippen LogP) is 14.1. The summed E-state index contributed by atoms with van der Waals surface area (Å²) in [5.74, 6) is -9.53. The number of aliphatic hydroxyl groups excluding tert-OH is 2. The van der Waals surface area contributed by atoms with E-state index >= 15 is 4.39 Å². The second-order valence-corrected chi connectivity index (χ2v) is 31.0. The molecule has 9 N–H and O–H groups in total. The third-order valence-electron chi connectivity index (χ3n) is 10.6. The van der Waals surface area contributed by atoms with Gasteiger partial charge in [0.15, 0.2) is 17.9 Å². The second-order valence-electron chi connectivity index (χ2n) is 18.2. The fourth-order valence-electron chi connectivity index (χ4n) is 6.53. The van der Waals surface area contributed by atoms with Crippen LogP contribution >= 0.6 is 92.1 Å². The van der Waals surface area contributed by atoms with E-state index in [1.165, 1.54) is 44.1 Å². The van der Waals surface area contributed by atoms with Crippen LogP contribution in [0.5, 0.6) is 0 Å². The largest absolute Gasteiger partial charge is 1.00 e. The number of thiocyanates is 1. The number of thiocarbonyl (C=S) groups is 1. The molecule has 0 saturated carbocycles. The molecule has 0 aliphatic carbocycles. The van der Waals surface area contributed by atoms with Crippen LogP contribution in [0.3, 0.4) is 0 Å². The number of aldehydes is 1. The van der Waals surface area contributed by atoms with Crippen LogP contribution in [0.4, 0.5) is 57.9 Å². The Morgan fingerprint density at radius 2 is 1.18 bits per heavy atom. The van der Waals surface area contributed by atoms with Gasteiger partial charge in [-0.05, 0) is 156 Å². The summed E-state index contributed by atoms with van der Waals surface area (Å²) < 4.78 is 542. The van der Waals surface area contributed by atoms with Crippen LogP contribution in [0.25, 0.3) is 22.1 Å². The molecule has 4 aromatic heterocycles. The van der Waals surface area contributed by atoms with E-state index in [1.807, 2.05) is 18.3 Å². The van der Waals surface area contributed by atoms with Crippen molar-refractivity contribution >= 4 is 215 Å². The van der Waals surface area contributed by atoms with Crippen LogP contribution in [0.2, 0.25) is 0 Å². The number of morpholine rings is 1. The number of anilines is 4. The number of nitrogens with zero attached hydrogens (tertiary/aromatic N) is 5. The van der Waals surface area contributed by atoms with Gasteiger partial charge >= 0.3 is 59.6 Å². The van der Waals surface area contributed by atoms with Gasteiger partial charge in [0.25, 0.3) is 0 Å². The number of aliphatic hydroxyl groups is 2. The number of carbonyl (C=O) groups is 2. The molecule has 0 bridgehead atoms. The zero-order valence-corrected chi connectivity index (χ0v) is 73.1. The summed E-state index contributed by atoms with van der Waals surface area (Å²) in [6, 6.07) is 12.5. The summed E-state index contributed by atoms with van der Waals surface area (Å²) >= 11 is 16.6. The van der Waals surface area contributed by atoms with E-state index in [2.05, 4.69) is 135 Å². The average Bonchev–Trinajstić information content (AvgIpc) is 0.832. The number of carbonyl (C=O) groups excluding carboxylic acids is 2. The van der Waals surface area contributed by atoms with E-state index in [0.29, 0.717) is 72.1 Å². The van der Waals surface area contributed by atoms with Crippen LogP contribution in [0.15, 0.2) is 118 Å². The molecule has 0 spiro atoms. The molecule has 1 saturated heterocycles. The summed E-state index contributed by atoms with van der Waals surface area (Å²) in [5, 5.41) is 23.5. The van der Waals surface area contributed by atoms with E-state index < -0.39 is 242 Å². The van der Waals surface area contributed by atoms with Gasteiger partial charge < -0.3 is 48.2 Å². The molecular formula is C68H90Br3Cl3F8KN11O15S7. The molecule has 648 valence electrons. The molecule has 5 heterocycles. The first-order chi connectivity index (χ1) is 70.8. The van der Waals surface area contributed by atoms with Gasteiger partial charge in [-0.15, -0.1) is 0 Å². The van der Waals surface area contributed by atoms with Crippen molar-refractivity contribution in [3.8, 4) is 5.40 Å². The Morgan fingerprint density at radius 3 is 1.60 bits per heavy atom. The maximum Gasteiger partial charge on any atom is 1.00 e. The number of aliphatic imine (C=N–C) groups is 1. The van der Waals surface area contributed by atoms with Crippen molar-refractivity contribution < 1.29 is 214 Å². The first-order valence-electron chi connectivity index (χ1n) is 50.5. The maximum atomic E-state index is 15.2. The summed E-state index contributed by atoms with van der Waals surface area (Å²) in [5.41, 5.74) is -14.4. The molecule has 9 rings (SSSR count). The number of fused-ring (bicyclic) bond motifs is 2. The number of sulfonamides is 3. The van der Waals surface area contributed by atoms with Gasteiger partial charge in [0.05, 0.1) is 77.8 Å². The molecule has 1 atom stereocenters. The molecule has 116 heavy (non-hydrogen) atoms. The Bertz CT molecular complexity index is 6830. The number of aromatic amines is 2. The number of nitrogen functional groups attached to an aromatic ring is 1. The number of hydrogen-bond acceptors (Lipinski definition) is 22. The number of hydrogen-bond donors (Lipinski definition) is 8. The van der Waals surface area contributed by atoms with Crippen LogP contribution in [0, 0.1) is 57.2 Å². The summed E-state index contributed by atoms with van der Waals surface area (Å²) in [4.78, 5) is 39.1. The first kappa shape index (κ1) is 59.8. The minimum atomic E-state index is -5.54. The molecule has 4 aromatic carbocycles. The zero-order chi connectivity index (χ0) is 127. The van der Waals surface area contributed by atoms with Crippen LogP contribution < -0.4 is 71.3 Å².